The first-order valence-electron chi connectivity index (χ1n) is 8.86. The van der Waals surface area contributed by atoms with E-state index in [1.165, 1.54) is 16.7 Å². The van der Waals surface area contributed by atoms with E-state index < -0.39 is 0 Å². The molecule has 5 heteroatoms. The van der Waals surface area contributed by atoms with Gasteiger partial charge in [0.2, 0.25) is 0 Å². The Morgan fingerprint density at radius 2 is 1.74 bits per heavy atom. The second-order valence-electron chi connectivity index (χ2n) is 6.74. The molecule has 0 fully saturated rings. The standard InChI is InChI=1S/C22H18N4O/c1-27-15-4-2-13(3-5-15)17-10-14-6-8-24-11-18(14)21-20(17)16-7-9-25-12-19(16)22(23)26-21/h2-9,11-12,17H,10H2,1H3,(H2,23,26). The largest absolute Gasteiger partial charge is 0.497 e. The third-order valence-corrected chi connectivity index (χ3v) is 5.33. The molecule has 0 saturated carbocycles. The summed E-state index contributed by atoms with van der Waals surface area (Å²) < 4.78 is 5.32. The minimum absolute atomic E-state index is 0.179. The van der Waals surface area contributed by atoms with Crippen LogP contribution in [0.15, 0.2) is 61.2 Å². The number of hydrogen-bond acceptors (Lipinski definition) is 5. The topological polar surface area (TPSA) is 73.9 Å². The Labute approximate surface area is 156 Å². The van der Waals surface area contributed by atoms with Gasteiger partial charge in [0.1, 0.15) is 11.6 Å². The molecule has 1 aromatic carbocycles. The van der Waals surface area contributed by atoms with Crippen LogP contribution in [0.4, 0.5) is 5.82 Å². The Morgan fingerprint density at radius 3 is 2.56 bits per heavy atom. The first-order chi connectivity index (χ1) is 13.3. The number of pyridine rings is 3. The van der Waals surface area contributed by atoms with E-state index in [0.29, 0.717) is 5.82 Å². The summed E-state index contributed by atoms with van der Waals surface area (Å²) in [7, 11) is 1.68. The lowest BCUT2D eigenvalue weighted by Gasteiger charge is -2.29. The van der Waals surface area contributed by atoms with Crippen molar-refractivity contribution in [3.63, 3.8) is 0 Å². The highest BCUT2D eigenvalue weighted by atomic mass is 16.5. The van der Waals surface area contributed by atoms with Gasteiger partial charge in [0.15, 0.2) is 0 Å². The molecule has 1 unspecified atom stereocenters. The second kappa shape index (κ2) is 6.06. The van der Waals surface area contributed by atoms with Gasteiger partial charge < -0.3 is 10.5 Å². The summed E-state index contributed by atoms with van der Waals surface area (Å²) in [5, 5.41) is 1.99. The van der Waals surface area contributed by atoms with Crippen molar-refractivity contribution in [1.82, 2.24) is 15.0 Å². The molecule has 3 heterocycles. The third-order valence-electron chi connectivity index (χ3n) is 5.33. The maximum atomic E-state index is 6.27. The molecule has 2 N–H and O–H groups in total. The van der Waals surface area contributed by atoms with Crippen LogP contribution in [0.3, 0.4) is 0 Å². The number of methoxy groups -OCH3 is 1. The van der Waals surface area contributed by atoms with E-state index in [0.717, 1.165) is 34.2 Å². The van der Waals surface area contributed by atoms with Gasteiger partial charge in [0.25, 0.3) is 0 Å². The van der Waals surface area contributed by atoms with Crippen molar-refractivity contribution < 1.29 is 4.74 Å². The lowest BCUT2D eigenvalue weighted by atomic mass is 9.76. The molecule has 5 rings (SSSR count). The van der Waals surface area contributed by atoms with E-state index in [9.17, 15) is 0 Å². The zero-order valence-electron chi connectivity index (χ0n) is 14.9. The minimum atomic E-state index is 0.179. The number of anilines is 1. The summed E-state index contributed by atoms with van der Waals surface area (Å²) >= 11 is 0. The summed E-state index contributed by atoms with van der Waals surface area (Å²) in [6, 6.07) is 12.4. The van der Waals surface area contributed by atoms with Crippen LogP contribution >= 0.6 is 0 Å². The average Bonchev–Trinajstić information content (AvgIpc) is 2.73. The number of rotatable bonds is 2. The van der Waals surface area contributed by atoms with Crippen molar-refractivity contribution >= 4 is 16.6 Å². The van der Waals surface area contributed by atoms with Crippen molar-refractivity contribution in [3.05, 3.63) is 77.9 Å². The highest BCUT2D eigenvalue weighted by Crippen LogP contribution is 2.45. The van der Waals surface area contributed by atoms with Gasteiger partial charge in [0, 0.05) is 41.7 Å². The number of nitrogen functional groups attached to an aromatic ring is 1. The van der Waals surface area contributed by atoms with Crippen LogP contribution in [0, 0.1) is 0 Å². The van der Waals surface area contributed by atoms with Gasteiger partial charge in [-0.1, -0.05) is 12.1 Å². The molecule has 0 amide bonds. The summed E-state index contributed by atoms with van der Waals surface area (Å²) in [6.45, 7) is 0. The first kappa shape index (κ1) is 15.8. The fourth-order valence-electron chi connectivity index (χ4n) is 4.02. The molecule has 0 bridgehead atoms. The van der Waals surface area contributed by atoms with Crippen molar-refractivity contribution in [1.29, 1.82) is 0 Å². The molecule has 132 valence electrons. The van der Waals surface area contributed by atoms with Crippen LogP contribution in [0.2, 0.25) is 0 Å². The van der Waals surface area contributed by atoms with Gasteiger partial charge in [-0.2, -0.15) is 0 Å². The number of benzene rings is 1. The second-order valence-corrected chi connectivity index (χ2v) is 6.74. The van der Waals surface area contributed by atoms with E-state index in [1.807, 2.05) is 36.8 Å². The molecule has 0 saturated heterocycles. The molecule has 1 aliphatic carbocycles. The summed E-state index contributed by atoms with van der Waals surface area (Å²) in [6.07, 6.45) is 8.22. The van der Waals surface area contributed by atoms with Crippen LogP contribution in [0.5, 0.6) is 5.75 Å². The van der Waals surface area contributed by atoms with E-state index in [2.05, 4.69) is 28.2 Å². The lowest BCUT2D eigenvalue weighted by molar-refractivity contribution is 0.414. The molecular weight excluding hydrogens is 336 g/mol. The zero-order chi connectivity index (χ0) is 18.4. The maximum Gasteiger partial charge on any atom is 0.133 e. The van der Waals surface area contributed by atoms with Crippen molar-refractivity contribution in [2.75, 3.05) is 12.8 Å². The van der Waals surface area contributed by atoms with E-state index in [1.54, 1.807) is 13.3 Å². The van der Waals surface area contributed by atoms with Gasteiger partial charge in [-0.25, -0.2) is 4.98 Å². The molecular formula is C22H18N4O. The summed E-state index contributed by atoms with van der Waals surface area (Å²) in [5.74, 6) is 1.53. The molecule has 0 spiro atoms. The van der Waals surface area contributed by atoms with Crippen LogP contribution in [-0.4, -0.2) is 22.1 Å². The van der Waals surface area contributed by atoms with Gasteiger partial charge in [-0.15, -0.1) is 0 Å². The highest BCUT2D eigenvalue weighted by molar-refractivity contribution is 5.98. The molecule has 0 radical (unpaired) electrons. The smallest absolute Gasteiger partial charge is 0.133 e. The average molecular weight is 354 g/mol. The predicted molar refractivity (Wildman–Crippen MR) is 106 cm³/mol. The number of hydrogen-bond donors (Lipinski definition) is 1. The van der Waals surface area contributed by atoms with Gasteiger partial charge in [-0.05, 0) is 52.8 Å². The summed E-state index contributed by atoms with van der Waals surface area (Å²) in [5.41, 5.74) is 11.9. The van der Waals surface area contributed by atoms with Crippen LogP contribution in [-0.2, 0) is 6.42 Å². The van der Waals surface area contributed by atoms with Crippen molar-refractivity contribution in [2.24, 2.45) is 0 Å². The first-order valence-corrected chi connectivity index (χ1v) is 8.86. The predicted octanol–water partition coefficient (Wildman–Crippen LogP) is 3.97. The number of nitrogens with zero attached hydrogens (tertiary/aromatic N) is 3. The molecule has 5 nitrogen and oxygen atoms in total. The van der Waals surface area contributed by atoms with Crippen LogP contribution in [0.1, 0.15) is 22.6 Å². The number of ether oxygens (including phenoxy) is 1. The molecule has 1 atom stereocenters. The Balaban J connectivity index is 1.82. The molecule has 1 aliphatic rings. The Morgan fingerprint density at radius 1 is 0.963 bits per heavy atom. The minimum Gasteiger partial charge on any atom is -0.497 e. The molecule has 0 aliphatic heterocycles. The van der Waals surface area contributed by atoms with Gasteiger partial charge in [-0.3, -0.25) is 9.97 Å². The lowest BCUT2D eigenvalue weighted by Crippen LogP contribution is -2.15. The van der Waals surface area contributed by atoms with E-state index in [4.69, 9.17) is 15.5 Å². The number of fused-ring (bicyclic) bond motifs is 5. The quantitative estimate of drug-likeness (QED) is 0.589. The Kier molecular flexibility index (Phi) is 3.53. The number of aromatic nitrogens is 3. The number of nitrogens with two attached hydrogens (primary N) is 1. The molecule has 27 heavy (non-hydrogen) atoms. The maximum absolute atomic E-state index is 6.27. The summed E-state index contributed by atoms with van der Waals surface area (Å²) in [4.78, 5) is 13.3. The normalized spacial score (nSPS) is 15.2. The van der Waals surface area contributed by atoms with Crippen LogP contribution < -0.4 is 10.5 Å². The monoisotopic (exact) mass is 354 g/mol. The zero-order valence-corrected chi connectivity index (χ0v) is 14.9. The molecule has 4 aromatic rings. The fourth-order valence-corrected chi connectivity index (χ4v) is 4.02. The fraction of sp³-hybridized carbons (Fsp3) is 0.136. The van der Waals surface area contributed by atoms with Gasteiger partial charge in [0.05, 0.1) is 12.8 Å². The van der Waals surface area contributed by atoms with Crippen molar-refractivity contribution in [2.45, 2.75) is 12.3 Å². The van der Waals surface area contributed by atoms with Crippen molar-refractivity contribution in [3.8, 4) is 17.0 Å². The highest BCUT2D eigenvalue weighted by Gasteiger charge is 2.30. The Hall–Kier alpha value is -3.47. The van der Waals surface area contributed by atoms with E-state index >= 15 is 0 Å². The Bertz CT molecular complexity index is 1150. The van der Waals surface area contributed by atoms with E-state index in [-0.39, 0.29) is 5.92 Å². The third kappa shape index (κ3) is 2.43. The van der Waals surface area contributed by atoms with Crippen LogP contribution in [0.25, 0.3) is 22.0 Å². The van der Waals surface area contributed by atoms with Gasteiger partial charge >= 0.3 is 0 Å². The molecule has 3 aromatic heterocycles. The SMILES string of the molecule is COc1ccc(C2Cc3ccncc3-c3nc(N)c4cnccc4c32)cc1.